The molecule has 0 spiro atoms. The summed E-state index contributed by atoms with van der Waals surface area (Å²) in [5.74, 6) is 0.581. The minimum absolute atomic E-state index is 0.302. The van der Waals surface area contributed by atoms with Crippen molar-refractivity contribution in [2.24, 2.45) is 5.92 Å². The van der Waals surface area contributed by atoms with Crippen LogP contribution in [0.25, 0.3) is 0 Å². The standard InChI is InChI=1S/C14H22N2O3S/c1-19-11-13-3-2-4-14(9-13)20(17,18)16-8-6-12-5-7-15-10-12/h2-4,9,12,15-16H,5-8,10-11H2,1H3. The van der Waals surface area contributed by atoms with Crippen molar-refractivity contribution in [2.75, 3.05) is 26.7 Å². The molecule has 6 heteroatoms. The zero-order chi connectivity index (χ0) is 14.4. The molecule has 2 rings (SSSR count). The van der Waals surface area contributed by atoms with E-state index < -0.39 is 10.0 Å². The first-order chi connectivity index (χ1) is 9.62. The van der Waals surface area contributed by atoms with Gasteiger partial charge in [-0.2, -0.15) is 0 Å². The molecule has 1 heterocycles. The predicted molar refractivity (Wildman–Crippen MR) is 77.9 cm³/mol. The Balaban J connectivity index is 1.93. The zero-order valence-corrected chi connectivity index (χ0v) is 12.6. The maximum atomic E-state index is 12.2. The van der Waals surface area contributed by atoms with Crippen LogP contribution in [0.5, 0.6) is 0 Å². The average molecular weight is 298 g/mol. The van der Waals surface area contributed by atoms with Crippen LogP contribution < -0.4 is 10.0 Å². The Morgan fingerprint density at radius 1 is 1.45 bits per heavy atom. The second-order valence-corrected chi connectivity index (χ2v) is 6.89. The molecule has 112 valence electrons. The van der Waals surface area contributed by atoms with Gasteiger partial charge in [0.15, 0.2) is 0 Å². The summed E-state index contributed by atoms with van der Waals surface area (Å²) in [6.45, 7) is 2.93. The third-order valence-corrected chi connectivity index (χ3v) is 4.99. The lowest BCUT2D eigenvalue weighted by atomic mass is 10.1. The molecule has 1 atom stereocenters. The minimum atomic E-state index is -3.42. The van der Waals surface area contributed by atoms with Crippen molar-refractivity contribution in [3.05, 3.63) is 29.8 Å². The highest BCUT2D eigenvalue weighted by Crippen LogP contribution is 2.14. The van der Waals surface area contributed by atoms with E-state index in [9.17, 15) is 8.42 Å². The zero-order valence-electron chi connectivity index (χ0n) is 11.8. The molecule has 2 N–H and O–H groups in total. The fourth-order valence-electron chi connectivity index (χ4n) is 2.41. The van der Waals surface area contributed by atoms with Crippen LogP contribution in [0.4, 0.5) is 0 Å². The number of hydrogen-bond acceptors (Lipinski definition) is 4. The Morgan fingerprint density at radius 3 is 3.00 bits per heavy atom. The fraction of sp³-hybridized carbons (Fsp3) is 0.571. The van der Waals surface area contributed by atoms with Gasteiger partial charge in [0.2, 0.25) is 10.0 Å². The molecular formula is C14H22N2O3S. The summed E-state index contributed by atoms with van der Waals surface area (Å²) >= 11 is 0. The van der Waals surface area contributed by atoms with E-state index in [-0.39, 0.29) is 0 Å². The van der Waals surface area contributed by atoms with Crippen LogP contribution in [0.1, 0.15) is 18.4 Å². The lowest BCUT2D eigenvalue weighted by Crippen LogP contribution is -2.26. The van der Waals surface area contributed by atoms with Gasteiger partial charge in [0.25, 0.3) is 0 Å². The Labute approximate surface area is 120 Å². The molecule has 1 fully saturated rings. The van der Waals surface area contributed by atoms with E-state index in [0.29, 0.717) is 24.0 Å². The van der Waals surface area contributed by atoms with Gasteiger partial charge in [-0.25, -0.2) is 13.1 Å². The van der Waals surface area contributed by atoms with Crippen LogP contribution in [-0.4, -0.2) is 35.2 Å². The summed E-state index contributed by atoms with van der Waals surface area (Å²) in [5.41, 5.74) is 0.857. The summed E-state index contributed by atoms with van der Waals surface area (Å²) in [6.07, 6.45) is 2.01. The molecule has 0 aliphatic carbocycles. The second-order valence-electron chi connectivity index (χ2n) is 5.13. The van der Waals surface area contributed by atoms with Gasteiger partial charge in [-0.15, -0.1) is 0 Å². The van der Waals surface area contributed by atoms with Crippen molar-refractivity contribution < 1.29 is 13.2 Å². The van der Waals surface area contributed by atoms with Crippen molar-refractivity contribution in [2.45, 2.75) is 24.3 Å². The number of nitrogens with one attached hydrogen (secondary N) is 2. The third-order valence-electron chi connectivity index (χ3n) is 3.53. The monoisotopic (exact) mass is 298 g/mol. The van der Waals surface area contributed by atoms with E-state index in [4.69, 9.17) is 4.74 Å². The third kappa shape index (κ3) is 4.28. The number of ether oxygens (including phenoxy) is 1. The fourth-order valence-corrected chi connectivity index (χ4v) is 3.53. The van der Waals surface area contributed by atoms with E-state index in [0.717, 1.165) is 31.5 Å². The van der Waals surface area contributed by atoms with Crippen LogP contribution in [0.3, 0.4) is 0 Å². The van der Waals surface area contributed by atoms with Gasteiger partial charge in [0.1, 0.15) is 0 Å². The Bertz CT molecular complexity index is 525. The van der Waals surface area contributed by atoms with Crippen molar-refractivity contribution in [3.8, 4) is 0 Å². The maximum Gasteiger partial charge on any atom is 0.240 e. The van der Waals surface area contributed by atoms with Crippen molar-refractivity contribution in [1.29, 1.82) is 0 Å². The number of sulfonamides is 1. The minimum Gasteiger partial charge on any atom is -0.380 e. The Kier molecular flexibility index (Phi) is 5.54. The molecule has 1 aliphatic rings. The molecule has 1 aromatic rings. The first-order valence-corrected chi connectivity index (χ1v) is 8.38. The smallest absolute Gasteiger partial charge is 0.240 e. The molecular weight excluding hydrogens is 276 g/mol. The SMILES string of the molecule is COCc1cccc(S(=O)(=O)NCCC2CCNC2)c1. The van der Waals surface area contributed by atoms with Crippen LogP contribution in [0.15, 0.2) is 29.2 Å². The van der Waals surface area contributed by atoms with Gasteiger partial charge in [0.05, 0.1) is 11.5 Å². The number of benzene rings is 1. The summed E-state index contributed by atoms with van der Waals surface area (Å²) < 4.78 is 32.1. The maximum absolute atomic E-state index is 12.2. The molecule has 5 nitrogen and oxygen atoms in total. The molecule has 0 bridgehead atoms. The first kappa shape index (κ1) is 15.4. The van der Waals surface area contributed by atoms with Gasteiger partial charge >= 0.3 is 0 Å². The number of methoxy groups -OCH3 is 1. The van der Waals surface area contributed by atoms with Gasteiger partial charge < -0.3 is 10.1 Å². The highest BCUT2D eigenvalue weighted by molar-refractivity contribution is 7.89. The quantitative estimate of drug-likeness (QED) is 0.791. The van der Waals surface area contributed by atoms with Crippen LogP contribution in [-0.2, 0) is 21.4 Å². The molecule has 0 amide bonds. The van der Waals surface area contributed by atoms with Crippen LogP contribution in [0.2, 0.25) is 0 Å². The van der Waals surface area contributed by atoms with Crippen LogP contribution >= 0.6 is 0 Å². The van der Waals surface area contributed by atoms with E-state index in [1.165, 1.54) is 0 Å². The van der Waals surface area contributed by atoms with Gasteiger partial charge in [-0.1, -0.05) is 12.1 Å². The van der Waals surface area contributed by atoms with Gasteiger partial charge in [-0.3, -0.25) is 0 Å². The lowest BCUT2D eigenvalue weighted by molar-refractivity contribution is 0.184. The Morgan fingerprint density at radius 2 is 2.30 bits per heavy atom. The molecule has 1 aliphatic heterocycles. The lowest BCUT2D eigenvalue weighted by Gasteiger charge is -2.10. The number of rotatable bonds is 7. The number of hydrogen-bond donors (Lipinski definition) is 2. The highest BCUT2D eigenvalue weighted by Gasteiger charge is 2.17. The van der Waals surface area contributed by atoms with E-state index in [1.54, 1.807) is 25.3 Å². The summed E-state index contributed by atoms with van der Waals surface area (Å²) in [6, 6.07) is 6.86. The van der Waals surface area contributed by atoms with Crippen molar-refractivity contribution in [1.82, 2.24) is 10.0 Å². The molecule has 20 heavy (non-hydrogen) atoms. The average Bonchev–Trinajstić information content (AvgIpc) is 2.92. The van der Waals surface area contributed by atoms with E-state index >= 15 is 0 Å². The van der Waals surface area contributed by atoms with Crippen molar-refractivity contribution >= 4 is 10.0 Å². The molecule has 1 unspecified atom stereocenters. The topological polar surface area (TPSA) is 67.4 Å². The molecule has 1 saturated heterocycles. The van der Waals surface area contributed by atoms with E-state index in [2.05, 4.69) is 10.0 Å². The summed E-state index contributed by atoms with van der Waals surface area (Å²) in [7, 11) is -1.83. The Hall–Kier alpha value is -0.950. The first-order valence-electron chi connectivity index (χ1n) is 6.90. The van der Waals surface area contributed by atoms with Crippen molar-refractivity contribution in [3.63, 3.8) is 0 Å². The van der Waals surface area contributed by atoms with Crippen LogP contribution in [0, 0.1) is 5.92 Å². The van der Waals surface area contributed by atoms with E-state index in [1.807, 2.05) is 6.07 Å². The largest absolute Gasteiger partial charge is 0.380 e. The summed E-state index contributed by atoms with van der Waals surface area (Å²) in [5, 5.41) is 3.28. The molecule has 1 aromatic carbocycles. The summed E-state index contributed by atoms with van der Waals surface area (Å²) in [4.78, 5) is 0.302. The predicted octanol–water partition coefficient (Wildman–Crippen LogP) is 1.11. The second kappa shape index (κ2) is 7.17. The molecule has 0 saturated carbocycles. The molecule has 0 aromatic heterocycles. The van der Waals surface area contributed by atoms with Gasteiger partial charge in [-0.05, 0) is 49.5 Å². The molecule has 0 radical (unpaired) electrons. The van der Waals surface area contributed by atoms with Gasteiger partial charge in [0, 0.05) is 13.7 Å². The highest BCUT2D eigenvalue weighted by atomic mass is 32.2. The normalized spacial score (nSPS) is 19.4.